The molecule has 5 aliphatic rings. The maximum absolute atomic E-state index is 17.5. The Balaban J connectivity index is 1.25. The first-order valence-corrected chi connectivity index (χ1v) is 15.7. The number of carbonyl (C=O) groups is 2. The summed E-state index contributed by atoms with van der Waals surface area (Å²) in [6.45, 7) is 2.28. The molecule has 0 unspecified atom stereocenters. The first kappa shape index (κ1) is 29.9. The smallest absolute Gasteiger partial charge is 0.197 e. The third-order valence-electron chi connectivity index (χ3n) is 11.3. The second-order valence-electron chi connectivity index (χ2n) is 13.3. The molecule has 1 aliphatic heterocycles. The van der Waals surface area contributed by atoms with Gasteiger partial charge in [0.1, 0.15) is 18.6 Å². The van der Waals surface area contributed by atoms with E-state index in [9.17, 15) is 19.8 Å². The summed E-state index contributed by atoms with van der Waals surface area (Å²) in [7, 11) is 0. The van der Waals surface area contributed by atoms with Gasteiger partial charge in [0, 0.05) is 34.4 Å². The molecule has 2 heterocycles. The second-order valence-corrected chi connectivity index (χ2v) is 14.3. The van der Waals surface area contributed by atoms with Crippen LogP contribution in [0.5, 0.6) is 0 Å². The van der Waals surface area contributed by atoms with E-state index in [1.54, 1.807) is 30.5 Å². The van der Waals surface area contributed by atoms with Crippen LogP contribution < -0.4 is 5.73 Å². The Morgan fingerprint density at radius 3 is 2.73 bits per heavy atom. The van der Waals surface area contributed by atoms with Gasteiger partial charge in [-0.2, -0.15) is 0 Å². The Labute approximate surface area is 256 Å². The van der Waals surface area contributed by atoms with Crippen molar-refractivity contribution in [1.82, 2.24) is 0 Å². The number of allylic oxidation sites excluding steroid dienone is 4. The van der Waals surface area contributed by atoms with Crippen LogP contribution in [0.1, 0.15) is 55.4 Å². The number of aliphatic hydroxyl groups is 2. The van der Waals surface area contributed by atoms with E-state index in [2.05, 4.69) is 0 Å². The number of benzene rings is 1. The molecule has 10 atom stereocenters. The van der Waals surface area contributed by atoms with Crippen molar-refractivity contribution in [2.45, 2.75) is 75.5 Å². The van der Waals surface area contributed by atoms with Crippen molar-refractivity contribution in [3.63, 3.8) is 0 Å². The van der Waals surface area contributed by atoms with E-state index in [0.29, 0.717) is 11.3 Å². The fourth-order valence-electron chi connectivity index (χ4n) is 9.28. The Morgan fingerprint density at radius 1 is 1.23 bits per heavy atom. The monoisotopic (exact) mass is 629 g/mol. The molecule has 234 valence electrons. The highest BCUT2D eigenvalue weighted by molar-refractivity contribution is 7.10. The molecule has 0 amide bonds. The number of nitrogen functional groups attached to an aromatic ring is 1. The van der Waals surface area contributed by atoms with Crippen molar-refractivity contribution >= 4 is 28.6 Å². The van der Waals surface area contributed by atoms with Crippen molar-refractivity contribution in [3.05, 3.63) is 75.3 Å². The molecular formula is C33H34F3NO6S. The Kier molecular flexibility index (Phi) is 6.67. The maximum Gasteiger partial charge on any atom is 0.197 e. The minimum absolute atomic E-state index is 0.000435. The first-order chi connectivity index (χ1) is 20.8. The van der Waals surface area contributed by atoms with Gasteiger partial charge in [0.05, 0.1) is 17.1 Å². The van der Waals surface area contributed by atoms with Crippen LogP contribution in [-0.2, 0) is 25.5 Å². The molecule has 7 nitrogen and oxygen atoms in total. The van der Waals surface area contributed by atoms with E-state index >= 15 is 13.2 Å². The van der Waals surface area contributed by atoms with Crippen LogP contribution in [0.2, 0.25) is 0 Å². The van der Waals surface area contributed by atoms with Crippen LogP contribution >= 0.6 is 11.3 Å². The van der Waals surface area contributed by atoms with Gasteiger partial charge in [0.25, 0.3) is 0 Å². The van der Waals surface area contributed by atoms with Gasteiger partial charge in [0.15, 0.2) is 29.1 Å². The lowest BCUT2D eigenvalue weighted by molar-refractivity contribution is -0.235. The molecule has 0 radical (unpaired) electrons. The van der Waals surface area contributed by atoms with Gasteiger partial charge >= 0.3 is 0 Å². The summed E-state index contributed by atoms with van der Waals surface area (Å²) in [6, 6.07) is 7.11. The second kappa shape index (κ2) is 9.83. The molecular weight excluding hydrogens is 595 g/mol. The quantitative estimate of drug-likeness (QED) is 0.411. The van der Waals surface area contributed by atoms with Gasteiger partial charge in [-0.3, -0.25) is 9.59 Å². The van der Waals surface area contributed by atoms with Gasteiger partial charge in [-0.1, -0.05) is 25.1 Å². The van der Waals surface area contributed by atoms with Crippen LogP contribution in [-0.4, -0.2) is 58.0 Å². The summed E-state index contributed by atoms with van der Waals surface area (Å²) in [6.07, 6.45) is -2.11. The van der Waals surface area contributed by atoms with Crippen LogP contribution in [0.3, 0.4) is 0 Å². The molecule has 1 saturated heterocycles. The topological polar surface area (TPSA) is 119 Å². The lowest BCUT2D eigenvalue weighted by Gasteiger charge is -2.63. The number of thiophene rings is 1. The van der Waals surface area contributed by atoms with Crippen molar-refractivity contribution in [2.75, 3.05) is 12.3 Å². The van der Waals surface area contributed by atoms with Gasteiger partial charge in [-0.05, 0) is 72.9 Å². The summed E-state index contributed by atoms with van der Waals surface area (Å²) < 4.78 is 61.8. The highest BCUT2D eigenvalue weighted by atomic mass is 32.1. The van der Waals surface area contributed by atoms with E-state index in [-0.39, 0.29) is 36.1 Å². The molecule has 44 heavy (non-hydrogen) atoms. The molecule has 3 saturated carbocycles. The van der Waals surface area contributed by atoms with E-state index in [4.69, 9.17) is 15.2 Å². The zero-order valence-electron chi connectivity index (χ0n) is 24.3. The summed E-state index contributed by atoms with van der Waals surface area (Å²) in [4.78, 5) is 25.9. The van der Waals surface area contributed by atoms with E-state index in [1.807, 2.05) is 6.07 Å². The third-order valence-corrected chi connectivity index (χ3v) is 12.3. The van der Waals surface area contributed by atoms with E-state index in [0.717, 1.165) is 23.0 Å². The molecule has 4 fully saturated rings. The number of carbonyl (C=O) groups excluding carboxylic acids is 2. The highest BCUT2D eigenvalue weighted by Crippen LogP contribution is 2.72. The fraction of sp³-hybridized carbons (Fsp3) is 0.515. The van der Waals surface area contributed by atoms with Crippen molar-refractivity contribution < 1.29 is 42.4 Å². The summed E-state index contributed by atoms with van der Waals surface area (Å²) in [5.41, 5.74) is 0.601. The number of fused-ring (bicyclic) bond motifs is 7. The summed E-state index contributed by atoms with van der Waals surface area (Å²) in [5.74, 6) is -3.44. The van der Waals surface area contributed by atoms with Crippen LogP contribution in [0.4, 0.5) is 18.9 Å². The molecule has 4 N–H and O–H groups in total. The molecule has 7 rings (SSSR count). The zero-order chi connectivity index (χ0) is 31.4. The van der Waals surface area contributed by atoms with E-state index in [1.165, 1.54) is 19.1 Å². The number of rotatable bonds is 5. The Morgan fingerprint density at radius 2 is 2.00 bits per heavy atom. The predicted molar refractivity (Wildman–Crippen MR) is 155 cm³/mol. The molecule has 4 aliphatic carbocycles. The van der Waals surface area contributed by atoms with Gasteiger partial charge in [0.2, 0.25) is 0 Å². The fourth-order valence-corrected chi connectivity index (χ4v) is 10.2. The maximum atomic E-state index is 17.5. The minimum atomic E-state index is -2.35. The Hall–Kier alpha value is -2.83. The SMILES string of the molecule is C[C@]12C=CC(=O)C=C1[C@@H](F)C[C@H]1[C@@H]3C[C@H]4O[C@H](c5scc(Cc6cccc(N)c6)c5F)O[C@@]4(C(=O)CO)[C@@]3(C)C[C@H](O)[C@@]12F. The highest BCUT2D eigenvalue weighted by Gasteiger charge is 2.80. The van der Waals surface area contributed by atoms with Crippen molar-refractivity contribution in [2.24, 2.45) is 22.7 Å². The molecule has 0 spiro atoms. The van der Waals surface area contributed by atoms with Crippen LogP contribution in [0.25, 0.3) is 0 Å². The van der Waals surface area contributed by atoms with Gasteiger partial charge < -0.3 is 25.4 Å². The van der Waals surface area contributed by atoms with Crippen molar-refractivity contribution in [1.29, 1.82) is 0 Å². The predicted octanol–water partition coefficient (Wildman–Crippen LogP) is 4.70. The lowest BCUT2D eigenvalue weighted by Crippen LogP contribution is -2.70. The van der Waals surface area contributed by atoms with Gasteiger partial charge in [-0.25, -0.2) is 13.2 Å². The summed E-state index contributed by atoms with van der Waals surface area (Å²) >= 11 is 1.08. The standard InChI is InChI=1S/C33H34F3NO6S/c1-30-7-6-19(39)10-22(30)23(34)11-21-20-12-26-33(25(41)14-38,31(20,2)13-24(40)32(21,30)36)43-29(42-26)28-27(35)17(15-44-28)8-16-4-3-5-18(37)9-16/h3-7,9-10,15,20-21,23-24,26,29,38,40H,8,11-14,37H2,1-2H3/t20-,21-,23-,24-,26+,29-,30-,31-,32-,33+/m0/s1. The minimum Gasteiger partial charge on any atom is -0.399 e. The number of aliphatic hydroxyl groups excluding tert-OH is 2. The van der Waals surface area contributed by atoms with Gasteiger partial charge in [-0.15, -0.1) is 11.3 Å². The van der Waals surface area contributed by atoms with Crippen LogP contribution in [0.15, 0.2) is 53.4 Å². The van der Waals surface area contributed by atoms with E-state index < -0.39 is 82.6 Å². The number of nitrogens with two attached hydrogens (primary N) is 1. The molecule has 11 heteroatoms. The number of anilines is 1. The normalized spacial score (nSPS) is 42.3. The molecule has 1 aromatic heterocycles. The number of ether oxygens (including phenoxy) is 2. The number of hydrogen-bond donors (Lipinski definition) is 3. The average molecular weight is 630 g/mol. The lowest BCUT2D eigenvalue weighted by atomic mass is 9.44. The average Bonchev–Trinajstić information content (AvgIpc) is 3.61. The Bertz CT molecular complexity index is 1630. The molecule has 0 bridgehead atoms. The number of ketones is 2. The summed E-state index contributed by atoms with van der Waals surface area (Å²) in [5, 5.41) is 23.4. The van der Waals surface area contributed by atoms with Crippen LogP contribution in [0, 0.1) is 28.5 Å². The molecule has 1 aromatic carbocycles. The number of alkyl halides is 2. The number of halogens is 3. The van der Waals surface area contributed by atoms with Crippen molar-refractivity contribution in [3.8, 4) is 0 Å². The zero-order valence-corrected chi connectivity index (χ0v) is 25.1. The molecule has 2 aromatic rings. The largest absolute Gasteiger partial charge is 0.399 e. The first-order valence-electron chi connectivity index (χ1n) is 14.8. The number of Topliss-reactive ketones (excluding diaryl/α,β-unsaturated/α-hetero) is 1. The number of hydrogen-bond acceptors (Lipinski definition) is 8. The third kappa shape index (κ3) is 3.70.